The van der Waals surface area contributed by atoms with E-state index in [4.69, 9.17) is 9.52 Å². The van der Waals surface area contributed by atoms with E-state index in [1.54, 1.807) is 19.2 Å². The van der Waals surface area contributed by atoms with E-state index >= 15 is 0 Å². The van der Waals surface area contributed by atoms with Gasteiger partial charge in [0.1, 0.15) is 11.5 Å². The first-order chi connectivity index (χ1) is 13.1. The molecule has 0 aromatic carbocycles. The van der Waals surface area contributed by atoms with Crippen molar-refractivity contribution in [2.75, 3.05) is 0 Å². The third kappa shape index (κ3) is 3.65. The minimum atomic E-state index is -0.140. The Bertz CT molecular complexity index is 937. The number of nitrogens with zero attached hydrogens (tertiary/aromatic N) is 3. The zero-order valence-electron chi connectivity index (χ0n) is 15.7. The second-order valence-corrected chi connectivity index (χ2v) is 7.13. The predicted molar refractivity (Wildman–Crippen MR) is 102 cm³/mol. The van der Waals surface area contributed by atoms with Gasteiger partial charge in [-0.2, -0.15) is 5.10 Å². The van der Waals surface area contributed by atoms with Crippen molar-refractivity contribution in [1.82, 2.24) is 20.1 Å². The smallest absolute Gasteiger partial charge is 0.255 e. The van der Waals surface area contributed by atoms with E-state index in [1.165, 1.54) is 12.8 Å². The first kappa shape index (κ1) is 17.5. The standard InChI is InChI=1S/C21H24N4O2/c1-14-11-18(15(2)27-14)21(26)23-13-16-12-20(19-9-5-6-10-22-19)25(24-16)17-7-3-4-8-17/h5-6,9-12,17H,3-4,7-8,13H2,1-2H3,(H,23,26). The largest absolute Gasteiger partial charge is 0.466 e. The molecule has 1 saturated carbocycles. The summed E-state index contributed by atoms with van der Waals surface area (Å²) in [4.78, 5) is 16.9. The Kier molecular flexibility index (Phi) is 4.79. The Morgan fingerprint density at radius 2 is 2.07 bits per heavy atom. The lowest BCUT2D eigenvalue weighted by molar-refractivity contribution is 0.0949. The van der Waals surface area contributed by atoms with Crippen LogP contribution in [0.5, 0.6) is 0 Å². The van der Waals surface area contributed by atoms with Crippen LogP contribution in [-0.4, -0.2) is 20.7 Å². The molecule has 1 fully saturated rings. The van der Waals surface area contributed by atoms with E-state index < -0.39 is 0 Å². The van der Waals surface area contributed by atoms with Crippen molar-refractivity contribution in [3.63, 3.8) is 0 Å². The fourth-order valence-corrected chi connectivity index (χ4v) is 3.79. The van der Waals surface area contributed by atoms with Gasteiger partial charge in [-0.3, -0.25) is 14.5 Å². The number of aryl methyl sites for hydroxylation is 2. The molecule has 6 heteroatoms. The molecule has 0 unspecified atom stereocenters. The van der Waals surface area contributed by atoms with E-state index in [-0.39, 0.29) is 5.91 Å². The Balaban J connectivity index is 1.56. The van der Waals surface area contributed by atoms with Crippen molar-refractivity contribution in [3.05, 3.63) is 59.3 Å². The van der Waals surface area contributed by atoms with Gasteiger partial charge in [-0.1, -0.05) is 18.9 Å². The lowest BCUT2D eigenvalue weighted by Gasteiger charge is -2.13. The minimum Gasteiger partial charge on any atom is -0.466 e. The van der Waals surface area contributed by atoms with Gasteiger partial charge in [-0.05, 0) is 51.0 Å². The van der Waals surface area contributed by atoms with Crippen LogP contribution < -0.4 is 5.32 Å². The van der Waals surface area contributed by atoms with E-state index in [9.17, 15) is 4.79 Å². The van der Waals surface area contributed by atoms with Crippen LogP contribution in [0.25, 0.3) is 11.4 Å². The van der Waals surface area contributed by atoms with Crippen LogP contribution in [-0.2, 0) is 6.54 Å². The molecule has 140 valence electrons. The highest BCUT2D eigenvalue weighted by atomic mass is 16.3. The van der Waals surface area contributed by atoms with Crippen molar-refractivity contribution in [2.45, 2.75) is 52.1 Å². The van der Waals surface area contributed by atoms with Gasteiger partial charge in [-0.25, -0.2) is 0 Å². The number of hydrogen-bond acceptors (Lipinski definition) is 4. The van der Waals surface area contributed by atoms with Crippen molar-refractivity contribution in [2.24, 2.45) is 0 Å². The molecule has 0 radical (unpaired) electrons. The van der Waals surface area contributed by atoms with Crippen LogP contribution in [0.3, 0.4) is 0 Å². The molecule has 0 aliphatic heterocycles. The second-order valence-electron chi connectivity index (χ2n) is 7.13. The molecule has 0 atom stereocenters. The zero-order chi connectivity index (χ0) is 18.8. The fraction of sp³-hybridized carbons (Fsp3) is 0.381. The third-order valence-electron chi connectivity index (χ3n) is 5.10. The molecule has 3 aromatic rings. The van der Waals surface area contributed by atoms with Gasteiger partial charge < -0.3 is 9.73 Å². The van der Waals surface area contributed by atoms with Crippen LogP contribution in [0.1, 0.15) is 59.3 Å². The monoisotopic (exact) mass is 364 g/mol. The summed E-state index contributed by atoms with van der Waals surface area (Å²) in [5.41, 5.74) is 3.35. The summed E-state index contributed by atoms with van der Waals surface area (Å²) in [6, 6.07) is 10.1. The Labute approximate surface area is 158 Å². The fourth-order valence-electron chi connectivity index (χ4n) is 3.79. The minimum absolute atomic E-state index is 0.140. The molecule has 1 amide bonds. The summed E-state index contributed by atoms with van der Waals surface area (Å²) in [7, 11) is 0. The number of carbonyl (C=O) groups excluding carboxylic acids is 1. The molecular formula is C21H24N4O2. The van der Waals surface area contributed by atoms with E-state index in [0.717, 1.165) is 35.7 Å². The Morgan fingerprint density at radius 3 is 2.74 bits per heavy atom. The number of amides is 1. The van der Waals surface area contributed by atoms with Gasteiger partial charge >= 0.3 is 0 Å². The third-order valence-corrected chi connectivity index (χ3v) is 5.10. The maximum absolute atomic E-state index is 12.5. The van der Waals surface area contributed by atoms with E-state index in [1.807, 2.05) is 31.2 Å². The van der Waals surface area contributed by atoms with Crippen molar-refractivity contribution in [3.8, 4) is 11.4 Å². The number of furan rings is 1. The molecule has 1 aliphatic rings. The molecule has 3 heterocycles. The molecular weight excluding hydrogens is 340 g/mol. The summed E-state index contributed by atoms with van der Waals surface area (Å²) in [6.45, 7) is 4.02. The van der Waals surface area contributed by atoms with Crippen molar-refractivity contribution in [1.29, 1.82) is 0 Å². The van der Waals surface area contributed by atoms with Gasteiger partial charge in [0, 0.05) is 6.20 Å². The quantitative estimate of drug-likeness (QED) is 0.736. The van der Waals surface area contributed by atoms with Crippen molar-refractivity contribution < 1.29 is 9.21 Å². The number of carbonyl (C=O) groups is 1. The number of nitrogens with one attached hydrogen (secondary N) is 1. The van der Waals surface area contributed by atoms with Gasteiger partial charge in [-0.15, -0.1) is 0 Å². The van der Waals surface area contributed by atoms with E-state index in [0.29, 0.717) is 23.9 Å². The van der Waals surface area contributed by atoms with Gasteiger partial charge in [0.05, 0.1) is 35.2 Å². The summed E-state index contributed by atoms with van der Waals surface area (Å²) in [5, 5.41) is 7.76. The number of rotatable bonds is 5. The molecule has 1 aliphatic carbocycles. The van der Waals surface area contributed by atoms with E-state index in [2.05, 4.69) is 15.0 Å². The maximum atomic E-state index is 12.5. The van der Waals surface area contributed by atoms with Gasteiger partial charge in [0.15, 0.2) is 0 Å². The molecule has 27 heavy (non-hydrogen) atoms. The lowest BCUT2D eigenvalue weighted by Crippen LogP contribution is -2.23. The average Bonchev–Trinajstić information content (AvgIpc) is 3.40. The number of aromatic nitrogens is 3. The first-order valence-corrected chi connectivity index (χ1v) is 9.47. The summed E-state index contributed by atoms with van der Waals surface area (Å²) in [5.74, 6) is 1.23. The molecule has 0 spiro atoms. The predicted octanol–water partition coefficient (Wildman–Crippen LogP) is 4.20. The van der Waals surface area contributed by atoms with Crippen LogP contribution in [0.2, 0.25) is 0 Å². The van der Waals surface area contributed by atoms with Crippen LogP contribution >= 0.6 is 0 Å². The normalized spacial score (nSPS) is 14.6. The highest BCUT2D eigenvalue weighted by Crippen LogP contribution is 2.33. The average molecular weight is 364 g/mol. The second kappa shape index (κ2) is 7.39. The van der Waals surface area contributed by atoms with Crippen LogP contribution in [0.4, 0.5) is 0 Å². The summed E-state index contributed by atoms with van der Waals surface area (Å²) < 4.78 is 7.55. The molecule has 3 aromatic heterocycles. The molecule has 0 saturated heterocycles. The SMILES string of the molecule is Cc1cc(C(=O)NCc2cc(-c3ccccn3)n(C3CCCC3)n2)c(C)o1. The summed E-state index contributed by atoms with van der Waals surface area (Å²) >= 11 is 0. The highest BCUT2D eigenvalue weighted by molar-refractivity contribution is 5.95. The topological polar surface area (TPSA) is 73.0 Å². The Morgan fingerprint density at radius 1 is 1.26 bits per heavy atom. The number of hydrogen-bond donors (Lipinski definition) is 1. The van der Waals surface area contributed by atoms with Gasteiger partial charge in [0.2, 0.25) is 0 Å². The van der Waals surface area contributed by atoms with Gasteiger partial charge in [0.25, 0.3) is 5.91 Å². The number of pyridine rings is 1. The van der Waals surface area contributed by atoms with Crippen molar-refractivity contribution >= 4 is 5.91 Å². The zero-order valence-corrected chi connectivity index (χ0v) is 15.7. The molecule has 4 rings (SSSR count). The van der Waals surface area contributed by atoms with Crippen LogP contribution in [0.15, 0.2) is 40.9 Å². The van der Waals surface area contributed by atoms with Crippen LogP contribution in [0, 0.1) is 13.8 Å². The molecule has 1 N–H and O–H groups in total. The first-order valence-electron chi connectivity index (χ1n) is 9.47. The lowest BCUT2D eigenvalue weighted by atomic mass is 10.2. The maximum Gasteiger partial charge on any atom is 0.255 e. The highest BCUT2D eigenvalue weighted by Gasteiger charge is 2.23. The molecule has 0 bridgehead atoms. The summed E-state index contributed by atoms with van der Waals surface area (Å²) in [6.07, 6.45) is 6.54. The Hall–Kier alpha value is -2.89. The molecule has 6 nitrogen and oxygen atoms in total.